The van der Waals surface area contributed by atoms with Crippen LogP contribution >= 0.6 is 0 Å². The van der Waals surface area contributed by atoms with E-state index in [0.29, 0.717) is 27.1 Å². The van der Waals surface area contributed by atoms with Gasteiger partial charge in [0.1, 0.15) is 24.3 Å². The van der Waals surface area contributed by atoms with Crippen LogP contribution in [0.5, 0.6) is 5.75 Å². The summed E-state index contributed by atoms with van der Waals surface area (Å²) in [5, 5.41) is 13.1. The van der Waals surface area contributed by atoms with E-state index in [1.807, 2.05) is 6.07 Å². The van der Waals surface area contributed by atoms with Crippen molar-refractivity contribution in [2.24, 2.45) is 7.05 Å². The van der Waals surface area contributed by atoms with Gasteiger partial charge in [-0.2, -0.15) is 22.7 Å². The smallest absolute Gasteiger partial charge is 0.387 e. The molecule has 5 aromatic rings. The van der Waals surface area contributed by atoms with Crippen LogP contribution in [-0.4, -0.2) is 43.9 Å². The summed E-state index contributed by atoms with van der Waals surface area (Å²) in [5.41, 5.74) is 2.06. The van der Waals surface area contributed by atoms with E-state index >= 15 is 0 Å². The van der Waals surface area contributed by atoms with Crippen molar-refractivity contribution in [2.45, 2.75) is 24.4 Å². The summed E-state index contributed by atoms with van der Waals surface area (Å²) in [4.78, 5) is 4.99. The van der Waals surface area contributed by atoms with Gasteiger partial charge in [-0.1, -0.05) is 24.3 Å². The molecule has 0 aliphatic rings. The molecule has 0 aliphatic carbocycles. The third-order valence-electron chi connectivity index (χ3n) is 6.65. The Morgan fingerprint density at radius 1 is 1.02 bits per heavy atom. The zero-order valence-electron chi connectivity index (χ0n) is 22.9. The molecular formula is C30H24F5N3O4S. The van der Waals surface area contributed by atoms with Gasteiger partial charge in [-0.15, -0.1) is 0 Å². The van der Waals surface area contributed by atoms with Gasteiger partial charge >= 0.3 is 12.5 Å². The number of aliphatic hydroxyl groups excluding tert-OH is 1. The summed E-state index contributed by atoms with van der Waals surface area (Å²) in [5.74, 6) is -4.97. The fourth-order valence-corrected chi connectivity index (χ4v) is 5.18. The summed E-state index contributed by atoms with van der Waals surface area (Å²) in [7, 11) is 1.47. The van der Waals surface area contributed by atoms with E-state index in [2.05, 4.69) is 14.8 Å². The number of oxazole rings is 1. The van der Waals surface area contributed by atoms with Crippen LogP contribution in [0.4, 0.5) is 22.0 Å². The Morgan fingerprint density at radius 3 is 2.42 bits per heavy atom. The first-order valence-corrected chi connectivity index (χ1v) is 14.3. The number of rotatable bonds is 9. The van der Waals surface area contributed by atoms with Gasteiger partial charge in [0.15, 0.2) is 28.1 Å². The molecule has 224 valence electrons. The number of aliphatic hydroxyl groups is 1. The summed E-state index contributed by atoms with van der Waals surface area (Å²) in [6, 6.07) is 16.7. The Labute approximate surface area is 245 Å². The number of nitrogens with zero attached hydrogens (tertiary/aromatic N) is 3. The Balaban J connectivity index is 1.73. The van der Waals surface area contributed by atoms with E-state index in [-0.39, 0.29) is 28.6 Å². The monoisotopic (exact) mass is 617 g/mol. The fraction of sp³-hybridized carbons (Fsp3) is 0.200. The molecule has 43 heavy (non-hydrogen) atoms. The summed E-state index contributed by atoms with van der Waals surface area (Å²) in [6.45, 7) is -3.10. The van der Waals surface area contributed by atoms with Gasteiger partial charge in [0, 0.05) is 36.7 Å². The maximum Gasteiger partial charge on any atom is 0.387 e. The van der Waals surface area contributed by atoms with Gasteiger partial charge in [-0.25, -0.2) is 9.37 Å². The quantitative estimate of drug-likeness (QED) is 0.142. The van der Waals surface area contributed by atoms with E-state index in [4.69, 9.17) is 4.42 Å². The van der Waals surface area contributed by atoms with Crippen LogP contribution in [0.1, 0.15) is 11.6 Å². The zero-order valence-corrected chi connectivity index (χ0v) is 23.8. The van der Waals surface area contributed by atoms with Gasteiger partial charge < -0.3 is 18.8 Å². The molecule has 0 saturated heterocycles. The summed E-state index contributed by atoms with van der Waals surface area (Å²) in [6.07, 6.45) is 1.55. The van der Waals surface area contributed by atoms with Gasteiger partial charge in [0.05, 0.1) is 5.69 Å². The van der Waals surface area contributed by atoms with Crippen LogP contribution < -0.4 is 4.74 Å². The maximum absolute atomic E-state index is 14.7. The molecule has 5 rings (SSSR count). The lowest BCUT2D eigenvalue weighted by Crippen LogP contribution is -2.19. The molecule has 0 radical (unpaired) electrons. The highest BCUT2D eigenvalue weighted by molar-refractivity contribution is 7.90. The first kappa shape index (κ1) is 30.3. The molecule has 13 heteroatoms. The highest BCUT2D eigenvalue weighted by Crippen LogP contribution is 2.42. The largest absolute Gasteiger partial charge is 0.612 e. The van der Waals surface area contributed by atoms with Gasteiger partial charge in [0.25, 0.3) is 0 Å². The predicted octanol–water partition coefficient (Wildman–Crippen LogP) is 6.95. The normalized spacial score (nSPS) is 12.6. The molecule has 3 aromatic carbocycles. The van der Waals surface area contributed by atoms with E-state index in [1.165, 1.54) is 17.8 Å². The number of aromatic nitrogens is 3. The first-order valence-electron chi connectivity index (χ1n) is 12.7. The number of ether oxygens (including phenoxy) is 1. The molecule has 2 heterocycles. The molecule has 0 bridgehead atoms. The van der Waals surface area contributed by atoms with Crippen LogP contribution in [0.3, 0.4) is 0 Å². The molecule has 0 aliphatic heterocycles. The summed E-state index contributed by atoms with van der Waals surface area (Å²) < 4.78 is 92.4. The summed E-state index contributed by atoms with van der Waals surface area (Å²) >= 11 is -1.26. The van der Waals surface area contributed by atoms with Crippen molar-refractivity contribution in [2.75, 3.05) is 12.9 Å². The number of alkyl halides is 4. The predicted molar refractivity (Wildman–Crippen MR) is 150 cm³/mol. The molecule has 0 fully saturated rings. The lowest BCUT2D eigenvalue weighted by molar-refractivity contribution is -0.0596. The topological polar surface area (TPSA) is 96.4 Å². The number of benzene rings is 3. The maximum atomic E-state index is 14.7. The lowest BCUT2D eigenvalue weighted by Gasteiger charge is -2.13. The van der Waals surface area contributed by atoms with E-state index in [1.54, 1.807) is 49.6 Å². The average molecular weight is 618 g/mol. The molecule has 0 amide bonds. The van der Waals surface area contributed by atoms with Crippen molar-refractivity contribution < 1.29 is 40.8 Å². The van der Waals surface area contributed by atoms with Gasteiger partial charge in [-0.05, 0) is 58.7 Å². The lowest BCUT2D eigenvalue weighted by atomic mass is 9.94. The molecular weight excluding hydrogens is 593 g/mol. The number of halogens is 5. The third-order valence-corrected chi connectivity index (χ3v) is 7.57. The number of aryl methyl sites for hydroxylation is 2. The second-order valence-corrected chi connectivity index (χ2v) is 11.0. The second kappa shape index (κ2) is 11.8. The van der Waals surface area contributed by atoms with Crippen molar-refractivity contribution in [1.82, 2.24) is 14.8 Å². The SMILES string of the molecule is Cc1nc(-c2ccc(OC(F)F)c(F)c2)c(-c2cc(-c3cccc([S+](C)[O-])c3)ccc2-c2cc(C(F)(F)CO)nn2C)o1. The molecule has 1 atom stereocenters. The molecule has 0 saturated carbocycles. The van der Waals surface area contributed by atoms with Crippen LogP contribution in [0.2, 0.25) is 0 Å². The molecule has 0 spiro atoms. The highest BCUT2D eigenvalue weighted by Gasteiger charge is 2.35. The minimum absolute atomic E-state index is 0.142. The Bertz CT molecular complexity index is 1790. The molecule has 2 aromatic heterocycles. The molecule has 1 N–H and O–H groups in total. The Kier molecular flexibility index (Phi) is 8.32. The molecule has 1 unspecified atom stereocenters. The minimum atomic E-state index is -3.60. The van der Waals surface area contributed by atoms with Crippen molar-refractivity contribution >= 4 is 11.2 Å². The van der Waals surface area contributed by atoms with Gasteiger partial charge in [0.2, 0.25) is 0 Å². The highest BCUT2D eigenvalue weighted by atomic mass is 32.2. The van der Waals surface area contributed by atoms with Crippen molar-refractivity contribution in [3.8, 4) is 50.7 Å². The Hall–Kier alpha value is -4.20. The average Bonchev–Trinajstić information content (AvgIpc) is 3.56. The number of hydrogen-bond acceptors (Lipinski definition) is 6. The van der Waals surface area contributed by atoms with E-state index in [0.717, 1.165) is 18.2 Å². The Morgan fingerprint density at radius 2 is 1.74 bits per heavy atom. The van der Waals surface area contributed by atoms with Crippen molar-refractivity contribution in [3.05, 3.63) is 84.1 Å². The van der Waals surface area contributed by atoms with Crippen molar-refractivity contribution in [3.63, 3.8) is 0 Å². The van der Waals surface area contributed by atoms with Gasteiger partial charge in [-0.3, -0.25) is 4.68 Å². The van der Waals surface area contributed by atoms with E-state index < -0.39 is 47.6 Å². The second-order valence-electron chi connectivity index (χ2n) is 9.58. The standard InChI is InChI=1S/C30H24F5N3O4S/c1-16-36-27(19-8-10-25(23(31)13-19)42-29(32)33)28(41-16)22-12-18(17-5-4-6-20(11-17)43(3)40)7-9-21(22)24-14-26(37-38(24)2)30(34,35)15-39/h4-14,29,39H,15H2,1-3H3. The third kappa shape index (κ3) is 6.14. The number of hydrogen-bond donors (Lipinski definition) is 1. The van der Waals surface area contributed by atoms with Crippen LogP contribution in [0, 0.1) is 12.7 Å². The molecule has 7 nitrogen and oxygen atoms in total. The fourth-order valence-electron chi connectivity index (χ4n) is 4.61. The minimum Gasteiger partial charge on any atom is -0.612 e. The van der Waals surface area contributed by atoms with Crippen molar-refractivity contribution in [1.29, 1.82) is 0 Å². The van der Waals surface area contributed by atoms with Crippen LogP contribution in [-0.2, 0) is 24.1 Å². The van der Waals surface area contributed by atoms with E-state index in [9.17, 15) is 31.6 Å². The first-order chi connectivity index (χ1) is 20.4. The van der Waals surface area contributed by atoms with Crippen LogP contribution in [0.15, 0.2) is 76.0 Å². The zero-order chi connectivity index (χ0) is 31.1. The van der Waals surface area contributed by atoms with Crippen LogP contribution in [0.25, 0.3) is 45.0 Å².